The largest absolute Gasteiger partial charge is 0.508 e. The Kier molecular flexibility index (Phi) is 5.88. The van der Waals surface area contributed by atoms with Crippen LogP contribution in [0.4, 0.5) is 11.6 Å². The Morgan fingerprint density at radius 1 is 1.09 bits per heavy atom. The maximum atomic E-state index is 13.6. The van der Waals surface area contributed by atoms with E-state index in [4.69, 9.17) is 21.4 Å². The van der Waals surface area contributed by atoms with Gasteiger partial charge in [-0.2, -0.15) is 4.98 Å². The van der Waals surface area contributed by atoms with Crippen molar-refractivity contribution in [3.63, 3.8) is 0 Å². The van der Waals surface area contributed by atoms with E-state index in [2.05, 4.69) is 15.6 Å². The van der Waals surface area contributed by atoms with Crippen molar-refractivity contribution in [2.45, 2.75) is 13.0 Å². The van der Waals surface area contributed by atoms with Crippen LogP contribution in [0.2, 0.25) is 5.02 Å². The van der Waals surface area contributed by atoms with Gasteiger partial charge < -0.3 is 20.5 Å². The van der Waals surface area contributed by atoms with E-state index in [9.17, 15) is 9.90 Å². The quantitative estimate of drug-likeness (QED) is 0.356. The molecule has 1 aliphatic heterocycles. The molecule has 3 aromatic carbocycles. The molecule has 9 heteroatoms. The molecule has 2 heterocycles. The highest BCUT2D eigenvalue weighted by atomic mass is 35.5. The van der Waals surface area contributed by atoms with Gasteiger partial charge in [0.05, 0.1) is 23.4 Å². The summed E-state index contributed by atoms with van der Waals surface area (Å²) in [6.45, 7) is 1.82. The van der Waals surface area contributed by atoms with Crippen LogP contribution in [-0.2, 0) is 4.79 Å². The third-order valence-electron chi connectivity index (χ3n) is 5.78. The van der Waals surface area contributed by atoms with E-state index in [1.165, 1.54) is 0 Å². The number of nitrogens with zero attached hydrogens (tertiary/aromatic N) is 3. The molecule has 3 N–H and O–H groups in total. The molecule has 0 saturated heterocycles. The second-order valence-electron chi connectivity index (χ2n) is 8.00. The number of halogens is 1. The molecule has 35 heavy (non-hydrogen) atoms. The molecule has 1 unspecified atom stereocenters. The lowest BCUT2D eigenvalue weighted by Crippen LogP contribution is -2.31. The zero-order valence-electron chi connectivity index (χ0n) is 19.0. The maximum absolute atomic E-state index is 13.6. The molecule has 1 amide bonds. The molecule has 1 aliphatic rings. The molecule has 0 fully saturated rings. The topological polar surface area (TPSA) is 101 Å². The van der Waals surface area contributed by atoms with Crippen molar-refractivity contribution in [1.82, 2.24) is 14.8 Å². The zero-order valence-corrected chi connectivity index (χ0v) is 19.7. The number of aromatic nitrogens is 3. The van der Waals surface area contributed by atoms with Gasteiger partial charge in [0.15, 0.2) is 5.82 Å². The summed E-state index contributed by atoms with van der Waals surface area (Å²) in [6, 6.07) is 20.6. The van der Waals surface area contributed by atoms with Crippen LogP contribution >= 0.6 is 11.6 Å². The molecule has 0 aliphatic carbocycles. The fourth-order valence-electron chi connectivity index (χ4n) is 4.10. The molecule has 5 rings (SSSR count). The lowest BCUT2D eigenvalue weighted by atomic mass is 9.95. The highest BCUT2D eigenvalue weighted by Gasteiger charge is 2.35. The van der Waals surface area contributed by atoms with Gasteiger partial charge >= 0.3 is 0 Å². The minimum Gasteiger partial charge on any atom is -0.508 e. The smallest absolute Gasteiger partial charge is 0.255 e. The van der Waals surface area contributed by atoms with Gasteiger partial charge in [0.25, 0.3) is 5.91 Å². The zero-order chi connectivity index (χ0) is 24.5. The van der Waals surface area contributed by atoms with Crippen LogP contribution in [-0.4, -0.2) is 32.9 Å². The lowest BCUT2D eigenvalue weighted by Gasteiger charge is -2.28. The van der Waals surface area contributed by atoms with Gasteiger partial charge in [-0.05, 0) is 48.9 Å². The molecule has 1 atom stereocenters. The van der Waals surface area contributed by atoms with Gasteiger partial charge in [0, 0.05) is 11.3 Å². The van der Waals surface area contributed by atoms with Crippen molar-refractivity contribution in [2.24, 2.45) is 0 Å². The van der Waals surface area contributed by atoms with Gasteiger partial charge in [-0.1, -0.05) is 48.0 Å². The van der Waals surface area contributed by atoms with Crippen LogP contribution in [0.25, 0.3) is 11.4 Å². The van der Waals surface area contributed by atoms with Crippen LogP contribution < -0.4 is 15.4 Å². The number of amides is 1. The molecule has 0 bridgehead atoms. The van der Waals surface area contributed by atoms with Crippen LogP contribution in [0.5, 0.6) is 11.5 Å². The number of anilines is 2. The number of aromatic hydroxyl groups is 1. The van der Waals surface area contributed by atoms with Crippen molar-refractivity contribution in [2.75, 3.05) is 17.7 Å². The first-order valence-corrected chi connectivity index (χ1v) is 11.3. The Hall–Kier alpha value is -4.30. The number of ether oxygens (including phenoxy) is 1. The summed E-state index contributed by atoms with van der Waals surface area (Å²) < 4.78 is 7.05. The van der Waals surface area contributed by atoms with E-state index in [-0.39, 0.29) is 11.7 Å². The molecule has 0 saturated carbocycles. The van der Waals surface area contributed by atoms with Gasteiger partial charge in [-0.3, -0.25) is 4.79 Å². The number of allylic oxidation sites excluding steroid dienone is 1. The van der Waals surface area contributed by atoms with Crippen LogP contribution in [0.1, 0.15) is 18.5 Å². The van der Waals surface area contributed by atoms with E-state index in [0.29, 0.717) is 45.1 Å². The SMILES string of the molecule is COc1ccccc1NC(=O)C1=C(C)Nc2nc(-c3ccccc3Cl)nn2C1c1ccc(O)cc1. The van der Waals surface area contributed by atoms with E-state index in [0.717, 1.165) is 5.56 Å². The van der Waals surface area contributed by atoms with Crippen molar-refractivity contribution in [3.8, 4) is 22.9 Å². The first-order valence-electron chi connectivity index (χ1n) is 10.9. The minimum absolute atomic E-state index is 0.124. The standard InChI is InChI=1S/C26H22ClN5O3/c1-15-22(25(34)29-20-9-5-6-10-21(20)35-2)23(16-11-13-17(33)14-12-16)32-26(28-15)30-24(31-32)18-7-3-4-8-19(18)27/h3-14,23,33H,1-2H3,(H,29,34)(H,28,30,31). The molecule has 4 aromatic rings. The van der Waals surface area contributed by atoms with E-state index >= 15 is 0 Å². The van der Waals surface area contributed by atoms with Gasteiger partial charge in [0.1, 0.15) is 17.5 Å². The molecule has 0 radical (unpaired) electrons. The summed E-state index contributed by atoms with van der Waals surface area (Å²) >= 11 is 6.40. The summed E-state index contributed by atoms with van der Waals surface area (Å²) in [7, 11) is 1.55. The normalized spacial score (nSPS) is 14.8. The highest BCUT2D eigenvalue weighted by Crippen LogP contribution is 2.38. The molecular weight excluding hydrogens is 466 g/mol. The number of phenolic OH excluding ortho intramolecular Hbond substituents is 1. The number of para-hydroxylation sites is 2. The van der Waals surface area contributed by atoms with Crippen LogP contribution in [0, 0.1) is 0 Å². The number of carbonyl (C=O) groups excluding carboxylic acids is 1. The first-order chi connectivity index (χ1) is 17.0. The third-order valence-corrected chi connectivity index (χ3v) is 6.11. The number of nitrogens with one attached hydrogen (secondary N) is 2. The molecule has 8 nitrogen and oxygen atoms in total. The average molecular weight is 488 g/mol. The fourth-order valence-corrected chi connectivity index (χ4v) is 4.32. The summed E-state index contributed by atoms with van der Waals surface area (Å²) in [5, 5.41) is 21.3. The number of hydrogen-bond acceptors (Lipinski definition) is 6. The second-order valence-corrected chi connectivity index (χ2v) is 8.40. The number of hydrogen-bond donors (Lipinski definition) is 3. The average Bonchev–Trinajstić information content (AvgIpc) is 3.27. The first kappa shape index (κ1) is 22.5. The monoisotopic (exact) mass is 487 g/mol. The molecule has 176 valence electrons. The maximum Gasteiger partial charge on any atom is 0.255 e. The Morgan fingerprint density at radius 3 is 2.54 bits per heavy atom. The number of rotatable bonds is 5. The summed E-state index contributed by atoms with van der Waals surface area (Å²) in [6.07, 6.45) is 0. The van der Waals surface area contributed by atoms with Gasteiger partial charge in [0.2, 0.25) is 5.95 Å². The predicted molar refractivity (Wildman–Crippen MR) is 135 cm³/mol. The Balaban J connectivity index is 1.61. The van der Waals surface area contributed by atoms with Crippen molar-refractivity contribution in [3.05, 3.63) is 94.7 Å². The summed E-state index contributed by atoms with van der Waals surface area (Å²) in [5.74, 6) is 1.26. The number of methoxy groups -OCH3 is 1. The van der Waals surface area contributed by atoms with E-state index in [1.54, 1.807) is 54.3 Å². The Labute approximate surface area is 206 Å². The highest BCUT2D eigenvalue weighted by molar-refractivity contribution is 6.33. The van der Waals surface area contributed by atoms with Crippen molar-refractivity contribution in [1.29, 1.82) is 0 Å². The lowest BCUT2D eigenvalue weighted by molar-refractivity contribution is -0.113. The van der Waals surface area contributed by atoms with Gasteiger partial charge in [-0.25, -0.2) is 4.68 Å². The molecular formula is C26H22ClN5O3. The van der Waals surface area contributed by atoms with Crippen LogP contribution in [0.3, 0.4) is 0 Å². The number of phenols is 1. The number of benzene rings is 3. The van der Waals surface area contributed by atoms with E-state index < -0.39 is 6.04 Å². The van der Waals surface area contributed by atoms with E-state index in [1.807, 2.05) is 37.3 Å². The number of fused-ring (bicyclic) bond motifs is 1. The number of carbonyl (C=O) groups is 1. The Morgan fingerprint density at radius 2 is 1.80 bits per heavy atom. The molecule has 0 spiro atoms. The summed E-state index contributed by atoms with van der Waals surface area (Å²) in [4.78, 5) is 18.3. The van der Waals surface area contributed by atoms with Crippen LogP contribution in [0.15, 0.2) is 84.1 Å². The fraction of sp³-hybridized carbons (Fsp3) is 0.115. The second kappa shape index (κ2) is 9.15. The molecule has 1 aromatic heterocycles. The van der Waals surface area contributed by atoms with Gasteiger partial charge in [-0.15, -0.1) is 5.10 Å². The summed E-state index contributed by atoms with van der Waals surface area (Å²) in [5.41, 5.74) is 3.06. The predicted octanol–water partition coefficient (Wildman–Crippen LogP) is 5.24. The third kappa shape index (κ3) is 4.20. The van der Waals surface area contributed by atoms with Crippen molar-refractivity contribution < 1.29 is 14.6 Å². The Bertz CT molecular complexity index is 1450. The minimum atomic E-state index is -0.606. The van der Waals surface area contributed by atoms with Crippen molar-refractivity contribution >= 4 is 29.1 Å².